The van der Waals surface area contributed by atoms with Crippen molar-refractivity contribution in [2.75, 3.05) is 5.32 Å². The van der Waals surface area contributed by atoms with Crippen molar-refractivity contribution in [2.45, 2.75) is 25.6 Å². The number of anilines is 1. The number of carbonyl (C=O) groups excluding carboxylic acids is 2. The molecule has 1 aliphatic heterocycles. The van der Waals surface area contributed by atoms with E-state index in [-0.39, 0.29) is 41.7 Å². The Kier molecular flexibility index (Phi) is 3.88. The molecule has 2 aromatic carbocycles. The molecule has 1 N–H and O–H groups in total. The maximum Gasteiger partial charge on any atom is 0.310 e. The molecule has 5 atom stereocenters. The summed E-state index contributed by atoms with van der Waals surface area (Å²) in [7, 11) is 0. The first-order valence-corrected chi connectivity index (χ1v) is 9.47. The Morgan fingerprint density at radius 1 is 1.07 bits per heavy atom. The van der Waals surface area contributed by atoms with E-state index in [4.69, 9.17) is 9.47 Å². The van der Waals surface area contributed by atoms with Crippen LogP contribution in [0.5, 0.6) is 5.75 Å². The van der Waals surface area contributed by atoms with Gasteiger partial charge in [-0.25, -0.2) is 0 Å². The first kappa shape index (κ1) is 16.4. The van der Waals surface area contributed by atoms with Gasteiger partial charge >= 0.3 is 5.97 Å². The summed E-state index contributed by atoms with van der Waals surface area (Å²) in [6.07, 6.45) is 1.82. The van der Waals surface area contributed by atoms with Gasteiger partial charge < -0.3 is 14.8 Å². The summed E-state index contributed by atoms with van der Waals surface area (Å²) in [4.78, 5) is 24.9. The molecule has 2 saturated carbocycles. The van der Waals surface area contributed by atoms with Crippen LogP contribution in [0.1, 0.15) is 18.4 Å². The molecule has 3 aliphatic rings. The van der Waals surface area contributed by atoms with E-state index in [1.165, 1.54) is 0 Å². The summed E-state index contributed by atoms with van der Waals surface area (Å²) in [5.41, 5.74) is 1.82. The van der Waals surface area contributed by atoms with Gasteiger partial charge in [-0.1, -0.05) is 30.3 Å². The Morgan fingerprint density at radius 2 is 1.85 bits per heavy atom. The topological polar surface area (TPSA) is 64.6 Å². The summed E-state index contributed by atoms with van der Waals surface area (Å²) in [5, 5.41) is 2.97. The second kappa shape index (κ2) is 6.41. The molecule has 3 fully saturated rings. The number of hydrogen-bond donors (Lipinski definition) is 1. The lowest BCUT2D eigenvalue weighted by atomic mass is 9.79. The molecule has 1 saturated heterocycles. The van der Waals surface area contributed by atoms with E-state index in [2.05, 4.69) is 5.32 Å². The van der Waals surface area contributed by atoms with Gasteiger partial charge in [-0.3, -0.25) is 9.59 Å². The fraction of sp³-hybridized carbons (Fsp3) is 0.364. The van der Waals surface area contributed by atoms with Gasteiger partial charge in [0.25, 0.3) is 0 Å². The van der Waals surface area contributed by atoms with Crippen LogP contribution in [0.3, 0.4) is 0 Å². The molecule has 5 heteroatoms. The predicted molar refractivity (Wildman–Crippen MR) is 98.9 cm³/mol. The van der Waals surface area contributed by atoms with Gasteiger partial charge in [0.1, 0.15) is 18.5 Å². The maximum absolute atomic E-state index is 12.8. The van der Waals surface area contributed by atoms with Crippen LogP contribution < -0.4 is 10.1 Å². The second-order valence-electron chi connectivity index (χ2n) is 7.71. The number of ether oxygens (including phenoxy) is 2. The van der Waals surface area contributed by atoms with E-state index >= 15 is 0 Å². The highest BCUT2D eigenvalue weighted by molar-refractivity contribution is 5.97. The first-order valence-electron chi connectivity index (χ1n) is 9.47. The number of fused-ring (bicyclic) bond motifs is 1. The van der Waals surface area contributed by atoms with Gasteiger partial charge in [-0.15, -0.1) is 0 Å². The van der Waals surface area contributed by atoms with Crippen LogP contribution in [0.15, 0.2) is 54.6 Å². The van der Waals surface area contributed by atoms with Crippen LogP contribution in [-0.4, -0.2) is 18.0 Å². The van der Waals surface area contributed by atoms with E-state index in [0.29, 0.717) is 6.61 Å². The summed E-state index contributed by atoms with van der Waals surface area (Å²) in [6, 6.07) is 17.3. The smallest absolute Gasteiger partial charge is 0.310 e. The average Bonchev–Trinajstić information content (AvgIpc) is 3.31. The van der Waals surface area contributed by atoms with Gasteiger partial charge in [0.15, 0.2) is 0 Å². The number of benzene rings is 2. The number of carbonyl (C=O) groups is 2. The summed E-state index contributed by atoms with van der Waals surface area (Å²) >= 11 is 0. The fourth-order valence-corrected chi connectivity index (χ4v) is 4.96. The number of hydrogen-bond acceptors (Lipinski definition) is 4. The molecule has 1 heterocycles. The minimum atomic E-state index is -0.254. The van der Waals surface area contributed by atoms with Gasteiger partial charge in [-0.2, -0.15) is 0 Å². The monoisotopic (exact) mass is 363 g/mol. The van der Waals surface area contributed by atoms with Crippen molar-refractivity contribution in [1.82, 2.24) is 0 Å². The molecule has 27 heavy (non-hydrogen) atoms. The van der Waals surface area contributed by atoms with Crippen molar-refractivity contribution in [1.29, 1.82) is 0 Å². The third kappa shape index (κ3) is 2.87. The van der Waals surface area contributed by atoms with Gasteiger partial charge in [0.2, 0.25) is 5.91 Å². The molecule has 1 amide bonds. The number of esters is 1. The highest BCUT2D eigenvalue weighted by Gasteiger charge is 2.63. The Hall–Kier alpha value is -2.82. The molecule has 138 valence electrons. The molecule has 5 rings (SSSR count). The van der Waals surface area contributed by atoms with Crippen molar-refractivity contribution in [2.24, 2.45) is 23.7 Å². The van der Waals surface area contributed by atoms with E-state index in [1.54, 1.807) is 0 Å². The molecule has 0 radical (unpaired) electrons. The Labute approximate surface area is 157 Å². The lowest BCUT2D eigenvalue weighted by Gasteiger charge is -2.23. The molecule has 2 aromatic rings. The highest BCUT2D eigenvalue weighted by atomic mass is 16.6. The maximum atomic E-state index is 12.8. The zero-order chi connectivity index (χ0) is 18.4. The summed E-state index contributed by atoms with van der Waals surface area (Å²) in [5.74, 6) is 0.506. The van der Waals surface area contributed by atoms with Gasteiger partial charge in [0.05, 0.1) is 11.8 Å². The van der Waals surface area contributed by atoms with Crippen molar-refractivity contribution < 1.29 is 19.1 Å². The third-order valence-corrected chi connectivity index (χ3v) is 6.16. The number of amides is 1. The van der Waals surface area contributed by atoms with E-state index in [9.17, 15) is 9.59 Å². The Morgan fingerprint density at radius 3 is 2.63 bits per heavy atom. The molecular formula is C22H21NO4. The molecule has 0 unspecified atom stereocenters. The fourth-order valence-electron chi connectivity index (χ4n) is 4.96. The van der Waals surface area contributed by atoms with Crippen LogP contribution in [-0.2, 0) is 20.9 Å². The molecule has 2 aliphatic carbocycles. The SMILES string of the molecule is O=C(Nc1ccc(OCc2ccccc2)cc1)[C@@H]1[C@@H]2C[C@H]3[C@H]1C(=O)O[C@H]3C2. The second-order valence-corrected chi connectivity index (χ2v) is 7.71. The van der Waals surface area contributed by atoms with Crippen LogP contribution >= 0.6 is 0 Å². The standard InChI is InChI=1S/C22H21NO4/c24-21(19-14-10-17-18(11-14)27-22(25)20(17)19)23-15-6-8-16(9-7-15)26-12-13-4-2-1-3-5-13/h1-9,14,17-20H,10-12H2,(H,23,24)/t14-,17-,18+,19-,20-/m1/s1. The Bertz CT molecular complexity index is 862. The summed E-state index contributed by atoms with van der Waals surface area (Å²) in [6.45, 7) is 0.503. The van der Waals surface area contributed by atoms with E-state index < -0.39 is 0 Å². The van der Waals surface area contributed by atoms with E-state index in [0.717, 1.165) is 29.8 Å². The van der Waals surface area contributed by atoms with Crippen molar-refractivity contribution >= 4 is 17.6 Å². The van der Waals surface area contributed by atoms with Crippen molar-refractivity contribution in [3.05, 3.63) is 60.2 Å². The lowest BCUT2D eigenvalue weighted by molar-refractivity contribution is -0.145. The highest BCUT2D eigenvalue weighted by Crippen LogP contribution is 2.57. The third-order valence-electron chi connectivity index (χ3n) is 6.16. The quantitative estimate of drug-likeness (QED) is 0.827. The first-order chi connectivity index (χ1) is 13.2. The minimum absolute atomic E-state index is 0.0533. The number of rotatable bonds is 5. The Balaban J connectivity index is 1.21. The predicted octanol–water partition coefficient (Wildman–Crippen LogP) is 3.40. The van der Waals surface area contributed by atoms with Gasteiger partial charge in [-0.05, 0) is 48.6 Å². The van der Waals surface area contributed by atoms with Gasteiger partial charge in [0, 0.05) is 11.6 Å². The van der Waals surface area contributed by atoms with Crippen molar-refractivity contribution in [3.8, 4) is 5.75 Å². The minimum Gasteiger partial charge on any atom is -0.489 e. The largest absolute Gasteiger partial charge is 0.489 e. The van der Waals surface area contributed by atoms with Crippen LogP contribution in [0.4, 0.5) is 5.69 Å². The molecule has 0 spiro atoms. The van der Waals surface area contributed by atoms with Crippen LogP contribution in [0.2, 0.25) is 0 Å². The van der Waals surface area contributed by atoms with Crippen LogP contribution in [0.25, 0.3) is 0 Å². The molecule has 0 aromatic heterocycles. The molecule has 2 bridgehead atoms. The number of nitrogens with one attached hydrogen (secondary N) is 1. The van der Waals surface area contributed by atoms with E-state index in [1.807, 2.05) is 54.6 Å². The normalized spacial score (nSPS) is 30.2. The van der Waals surface area contributed by atoms with Crippen molar-refractivity contribution in [3.63, 3.8) is 0 Å². The zero-order valence-corrected chi connectivity index (χ0v) is 14.8. The average molecular weight is 363 g/mol. The van der Waals surface area contributed by atoms with Crippen LogP contribution in [0, 0.1) is 23.7 Å². The molecule has 5 nitrogen and oxygen atoms in total. The molecular weight excluding hydrogens is 342 g/mol. The lowest BCUT2D eigenvalue weighted by Crippen LogP contribution is -2.35. The summed E-state index contributed by atoms with van der Waals surface area (Å²) < 4.78 is 11.2. The zero-order valence-electron chi connectivity index (χ0n) is 14.8.